The van der Waals surface area contributed by atoms with Crippen molar-refractivity contribution in [2.75, 3.05) is 4.90 Å². The Hall–Kier alpha value is -3.88. The maximum Gasteiger partial charge on any atom is 0.411 e. The van der Waals surface area contributed by atoms with Crippen molar-refractivity contribution in [3.05, 3.63) is 93.5 Å². The number of aromatic nitrogens is 2. The molecule has 0 saturated heterocycles. The number of amides is 1. The van der Waals surface area contributed by atoms with Gasteiger partial charge in [-0.2, -0.15) is 13.2 Å². The van der Waals surface area contributed by atoms with E-state index >= 15 is 13.2 Å². The van der Waals surface area contributed by atoms with E-state index in [1.54, 1.807) is 62.4 Å². The number of carbonyl (C=O) groups excluding carboxylic acids is 2. The first-order valence-corrected chi connectivity index (χ1v) is 11.5. The molecule has 186 valence electrons. The molecule has 6 nitrogen and oxygen atoms in total. The lowest BCUT2D eigenvalue weighted by Gasteiger charge is -2.35. The van der Waals surface area contributed by atoms with Crippen LogP contribution in [0.15, 0.2) is 76.7 Å². The van der Waals surface area contributed by atoms with E-state index < -0.39 is 45.4 Å². The maximum absolute atomic E-state index is 15.4. The minimum atomic E-state index is -5.26. The molecule has 0 saturated carbocycles. The number of allylic oxidation sites excluding steroid dienone is 1. The first-order chi connectivity index (χ1) is 16.9. The lowest BCUT2D eigenvalue weighted by Crippen LogP contribution is -2.55. The van der Waals surface area contributed by atoms with Gasteiger partial charge in [0.05, 0.1) is 11.3 Å². The number of benzene rings is 2. The Bertz CT molecular complexity index is 1470. The van der Waals surface area contributed by atoms with Crippen LogP contribution in [0.25, 0.3) is 5.69 Å². The van der Waals surface area contributed by atoms with E-state index in [2.05, 4.69) is 5.10 Å². The summed E-state index contributed by atoms with van der Waals surface area (Å²) >= 11 is 0. The summed E-state index contributed by atoms with van der Waals surface area (Å²) in [4.78, 5) is 42.2. The molecule has 5 rings (SSSR count). The molecule has 2 aliphatic rings. The molecular formula is C27H24F3N3O3. The third-order valence-corrected chi connectivity index (χ3v) is 6.92. The number of para-hydroxylation sites is 2. The quantitative estimate of drug-likeness (QED) is 0.558. The summed E-state index contributed by atoms with van der Waals surface area (Å²) in [5, 5.41) is 2.70. The lowest BCUT2D eigenvalue weighted by atomic mass is 9.66. The number of aromatic amines is 1. The van der Waals surface area contributed by atoms with E-state index in [0.29, 0.717) is 5.69 Å². The fourth-order valence-electron chi connectivity index (χ4n) is 5.54. The predicted molar refractivity (Wildman–Crippen MR) is 128 cm³/mol. The zero-order chi connectivity index (χ0) is 26.0. The molecule has 3 aromatic rings. The van der Waals surface area contributed by atoms with E-state index in [1.165, 1.54) is 19.1 Å². The molecule has 0 fully saturated rings. The second-order valence-electron chi connectivity index (χ2n) is 10.1. The number of rotatable bonds is 3. The fourth-order valence-corrected chi connectivity index (χ4v) is 5.54. The molecule has 0 radical (unpaired) electrons. The average molecular weight is 496 g/mol. The molecule has 1 N–H and O–H groups in total. The number of hydrogen-bond donors (Lipinski definition) is 1. The number of aryl methyl sites for hydroxylation is 1. The van der Waals surface area contributed by atoms with Crippen molar-refractivity contribution >= 4 is 17.4 Å². The standard InChI is InChI=1S/C27H24F3N3O3/c1-16-21(23(35)33(31-16)18-12-8-5-9-13-18)26(27(28,29)30)22-19(14-25(2,3)15-20(22)34)32(24(26)36)17-10-6-4-7-11-17/h4-13,31H,14-15H2,1-3H3/t26-/m0/s1. The van der Waals surface area contributed by atoms with Crippen LogP contribution in [0.2, 0.25) is 0 Å². The molecule has 1 amide bonds. The summed E-state index contributed by atoms with van der Waals surface area (Å²) in [7, 11) is 0. The first-order valence-electron chi connectivity index (χ1n) is 11.5. The number of nitrogens with one attached hydrogen (secondary N) is 1. The molecule has 9 heteroatoms. The fraction of sp³-hybridized carbons (Fsp3) is 0.296. The van der Waals surface area contributed by atoms with E-state index in [4.69, 9.17) is 0 Å². The smallest absolute Gasteiger partial charge is 0.295 e. The van der Waals surface area contributed by atoms with Crippen LogP contribution in [0.3, 0.4) is 0 Å². The van der Waals surface area contributed by atoms with E-state index in [1.807, 2.05) is 0 Å². The van der Waals surface area contributed by atoms with Crippen molar-refractivity contribution < 1.29 is 22.8 Å². The van der Waals surface area contributed by atoms with Crippen LogP contribution in [0.4, 0.5) is 18.9 Å². The first kappa shape index (κ1) is 23.8. The van der Waals surface area contributed by atoms with E-state index in [-0.39, 0.29) is 29.9 Å². The van der Waals surface area contributed by atoms with Crippen LogP contribution in [0, 0.1) is 12.3 Å². The minimum absolute atomic E-state index is 0.00367. The Kier molecular flexibility index (Phi) is 5.17. The second kappa shape index (κ2) is 7.81. The van der Waals surface area contributed by atoms with Crippen LogP contribution in [0.5, 0.6) is 0 Å². The van der Waals surface area contributed by atoms with Crippen LogP contribution in [-0.2, 0) is 15.0 Å². The number of hydrogen-bond acceptors (Lipinski definition) is 3. The Labute approximate surface area is 205 Å². The molecule has 1 atom stereocenters. The Balaban J connectivity index is 1.88. The third kappa shape index (κ3) is 3.22. The van der Waals surface area contributed by atoms with Gasteiger partial charge in [0.15, 0.2) is 5.78 Å². The molecule has 0 unspecified atom stereocenters. The SMILES string of the molecule is Cc1[nH]n(-c2ccccc2)c(=O)c1[C@@]1(C(F)(F)F)C(=O)N(c2ccccc2)C2=C1C(=O)CC(C)(C)C2. The van der Waals surface area contributed by atoms with Crippen molar-refractivity contribution in [3.63, 3.8) is 0 Å². The molecule has 0 spiro atoms. The van der Waals surface area contributed by atoms with Crippen LogP contribution in [0.1, 0.15) is 37.9 Å². The zero-order valence-corrected chi connectivity index (χ0v) is 19.9. The summed E-state index contributed by atoms with van der Waals surface area (Å²) in [6.07, 6.45) is -5.36. The maximum atomic E-state index is 15.4. The third-order valence-electron chi connectivity index (χ3n) is 6.92. The van der Waals surface area contributed by atoms with Gasteiger partial charge in [-0.3, -0.25) is 24.4 Å². The molecule has 36 heavy (non-hydrogen) atoms. The molecule has 0 bridgehead atoms. The molecular weight excluding hydrogens is 471 g/mol. The normalized spacial score (nSPS) is 21.8. The van der Waals surface area contributed by atoms with Gasteiger partial charge in [0, 0.05) is 29.1 Å². The number of ketones is 1. The van der Waals surface area contributed by atoms with Gasteiger partial charge in [-0.1, -0.05) is 50.2 Å². The number of anilines is 1. The van der Waals surface area contributed by atoms with Crippen molar-refractivity contribution in [2.45, 2.75) is 45.2 Å². The zero-order valence-electron chi connectivity index (χ0n) is 19.9. The van der Waals surface area contributed by atoms with Gasteiger partial charge in [-0.05, 0) is 43.0 Å². The van der Waals surface area contributed by atoms with Crippen LogP contribution >= 0.6 is 0 Å². The molecule has 2 heterocycles. The Morgan fingerprint density at radius 3 is 1.97 bits per heavy atom. The predicted octanol–water partition coefficient (Wildman–Crippen LogP) is 4.96. The molecule has 1 aromatic heterocycles. The van der Waals surface area contributed by atoms with Gasteiger partial charge >= 0.3 is 6.18 Å². The second-order valence-corrected chi connectivity index (χ2v) is 10.1. The molecule has 2 aromatic carbocycles. The van der Waals surface area contributed by atoms with Crippen LogP contribution in [-0.4, -0.2) is 27.6 Å². The highest BCUT2D eigenvalue weighted by molar-refractivity contribution is 6.20. The molecule has 1 aliphatic carbocycles. The Morgan fingerprint density at radius 2 is 1.42 bits per heavy atom. The van der Waals surface area contributed by atoms with Gasteiger partial charge in [-0.15, -0.1) is 0 Å². The summed E-state index contributed by atoms with van der Waals surface area (Å²) in [6.45, 7) is 4.87. The van der Waals surface area contributed by atoms with Gasteiger partial charge < -0.3 is 0 Å². The van der Waals surface area contributed by atoms with E-state index in [9.17, 15) is 14.4 Å². The van der Waals surface area contributed by atoms with Gasteiger partial charge in [-0.25, -0.2) is 4.68 Å². The number of alkyl halides is 3. The highest BCUT2D eigenvalue weighted by Gasteiger charge is 2.73. The van der Waals surface area contributed by atoms with Crippen molar-refractivity contribution in [2.24, 2.45) is 5.41 Å². The van der Waals surface area contributed by atoms with Crippen LogP contribution < -0.4 is 10.5 Å². The monoisotopic (exact) mass is 495 g/mol. The minimum Gasteiger partial charge on any atom is -0.295 e. The van der Waals surface area contributed by atoms with Crippen molar-refractivity contribution in [1.29, 1.82) is 0 Å². The summed E-state index contributed by atoms with van der Waals surface area (Å²) < 4.78 is 47.0. The Morgan fingerprint density at radius 1 is 0.861 bits per heavy atom. The summed E-state index contributed by atoms with van der Waals surface area (Å²) in [5.41, 5.74) is -6.15. The van der Waals surface area contributed by atoms with Crippen molar-refractivity contribution in [3.8, 4) is 5.69 Å². The number of Topliss-reactive ketones (excluding diaryl/α,β-unsaturated/α-hetero) is 1. The number of H-pyrrole nitrogens is 1. The van der Waals surface area contributed by atoms with Crippen molar-refractivity contribution in [1.82, 2.24) is 9.78 Å². The highest BCUT2D eigenvalue weighted by atomic mass is 19.4. The molecule has 1 aliphatic heterocycles. The largest absolute Gasteiger partial charge is 0.411 e. The summed E-state index contributed by atoms with van der Waals surface area (Å²) in [6, 6.07) is 16.1. The van der Waals surface area contributed by atoms with E-state index in [0.717, 1.165) is 9.58 Å². The van der Waals surface area contributed by atoms with Gasteiger partial charge in [0.25, 0.3) is 11.5 Å². The lowest BCUT2D eigenvalue weighted by molar-refractivity contribution is -0.184. The van der Waals surface area contributed by atoms with Gasteiger partial charge in [0.1, 0.15) is 0 Å². The number of halogens is 3. The topological polar surface area (TPSA) is 75.2 Å². The van der Waals surface area contributed by atoms with Gasteiger partial charge in [0.2, 0.25) is 5.41 Å². The number of carbonyl (C=O) groups is 2. The highest BCUT2D eigenvalue weighted by Crippen LogP contribution is 2.58. The average Bonchev–Trinajstić information content (AvgIpc) is 3.24. The summed E-state index contributed by atoms with van der Waals surface area (Å²) in [5.74, 6) is -2.15. The number of nitrogens with zero attached hydrogens (tertiary/aromatic N) is 2.